The maximum absolute atomic E-state index is 9.11. The highest BCUT2D eigenvalue weighted by atomic mass is 35.5. The number of nitrogens with zero attached hydrogens (tertiary/aromatic N) is 2. The average Bonchev–Trinajstić information content (AvgIpc) is 2.56. The van der Waals surface area contributed by atoms with Gasteiger partial charge in [0.25, 0.3) is 0 Å². The van der Waals surface area contributed by atoms with Crippen molar-refractivity contribution in [3.05, 3.63) is 75.8 Å². The van der Waals surface area contributed by atoms with Gasteiger partial charge in [-0.15, -0.1) is 11.8 Å². The largest absolute Gasteiger partial charge is 0.349 e. The number of anilines is 1. The van der Waals surface area contributed by atoms with E-state index in [0.717, 1.165) is 11.3 Å². The SMILES string of the molecule is N#CC(C#N)=C(Nc1ccccc1)SCc1ccc(Cl)cc1. The van der Waals surface area contributed by atoms with Crippen molar-refractivity contribution in [3.8, 4) is 12.1 Å². The second kappa shape index (κ2) is 8.14. The molecule has 0 aromatic heterocycles. The summed E-state index contributed by atoms with van der Waals surface area (Å²) in [7, 11) is 0. The monoisotopic (exact) mass is 325 g/mol. The zero-order valence-electron chi connectivity index (χ0n) is 11.6. The van der Waals surface area contributed by atoms with E-state index in [9.17, 15) is 0 Å². The third-order valence-corrected chi connectivity index (χ3v) is 4.10. The van der Waals surface area contributed by atoms with E-state index in [-0.39, 0.29) is 5.57 Å². The Labute approximate surface area is 138 Å². The molecule has 0 atom stereocenters. The van der Waals surface area contributed by atoms with Crippen LogP contribution in [0.25, 0.3) is 0 Å². The maximum atomic E-state index is 9.11. The molecule has 0 aliphatic carbocycles. The summed E-state index contributed by atoms with van der Waals surface area (Å²) in [5, 5.41) is 22.6. The van der Waals surface area contributed by atoms with E-state index < -0.39 is 0 Å². The molecule has 0 saturated carbocycles. The number of thioether (sulfide) groups is 1. The van der Waals surface area contributed by atoms with E-state index in [1.54, 1.807) is 0 Å². The van der Waals surface area contributed by atoms with Crippen molar-refractivity contribution in [1.82, 2.24) is 0 Å². The number of allylic oxidation sites excluding steroid dienone is 1. The lowest BCUT2D eigenvalue weighted by Crippen LogP contribution is -2.00. The number of halogens is 1. The Hall–Kier alpha value is -2.40. The number of hydrogen-bond donors (Lipinski definition) is 1. The zero-order chi connectivity index (χ0) is 15.8. The fourth-order valence-electron chi connectivity index (χ4n) is 1.69. The van der Waals surface area contributed by atoms with E-state index in [1.807, 2.05) is 66.7 Å². The maximum Gasteiger partial charge on any atom is 0.159 e. The Morgan fingerprint density at radius 1 is 1.00 bits per heavy atom. The van der Waals surface area contributed by atoms with Crippen molar-refractivity contribution in [2.45, 2.75) is 5.75 Å². The van der Waals surface area contributed by atoms with Gasteiger partial charge in [-0.2, -0.15) is 10.5 Å². The van der Waals surface area contributed by atoms with Crippen LogP contribution in [0.2, 0.25) is 5.02 Å². The molecular weight excluding hydrogens is 314 g/mol. The van der Waals surface area contributed by atoms with Gasteiger partial charge < -0.3 is 5.32 Å². The van der Waals surface area contributed by atoms with Gasteiger partial charge in [0, 0.05) is 16.5 Å². The van der Waals surface area contributed by atoms with Gasteiger partial charge in [-0.3, -0.25) is 0 Å². The molecule has 0 radical (unpaired) electrons. The van der Waals surface area contributed by atoms with Crippen LogP contribution in [0.1, 0.15) is 5.56 Å². The summed E-state index contributed by atoms with van der Waals surface area (Å²) in [5.74, 6) is 0.638. The molecule has 0 spiro atoms. The van der Waals surface area contributed by atoms with Gasteiger partial charge in [-0.1, -0.05) is 41.9 Å². The molecule has 0 fully saturated rings. The summed E-state index contributed by atoms with van der Waals surface area (Å²) < 4.78 is 0. The molecule has 22 heavy (non-hydrogen) atoms. The first-order chi connectivity index (χ1) is 10.7. The fourth-order valence-corrected chi connectivity index (χ4v) is 2.74. The van der Waals surface area contributed by atoms with Crippen LogP contribution in [0.15, 0.2) is 65.2 Å². The van der Waals surface area contributed by atoms with E-state index >= 15 is 0 Å². The molecule has 108 valence electrons. The zero-order valence-corrected chi connectivity index (χ0v) is 13.2. The highest BCUT2D eigenvalue weighted by Gasteiger charge is 2.08. The van der Waals surface area contributed by atoms with Crippen molar-refractivity contribution in [2.75, 3.05) is 5.32 Å². The summed E-state index contributed by atoms with van der Waals surface area (Å²) in [6.07, 6.45) is 0. The van der Waals surface area contributed by atoms with E-state index in [1.165, 1.54) is 11.8 Å². The van der Waals surface area contributed by atoms with E-state index in [4.69, 9.17) is 22.1 Å². The Bertz CT molecular complexity index is 724. The predicted octanol–water partition coefficient (Wildman–Crippen LogP) is 4.94. The van der Waals surface area contributed by atoms with Crippen LogP contribution in [-0.2, 0) is 5.75 Å². The highest BCUT2D eigenvalue weighted by molar-refractivity contribution is 8.02. The summed E-state index contributed by atoms with van der Waals surface area (Å²) >= 11 is 7.28. The number of benzene rings is 2. The summed E-state index contributed by atoms with van der Waals surface area (Å²) in [5.41, 5.74) is 1.98. The van der Waals surface area contributed by atoms with Gasteiger partial charge in [0.15, 0.2) is 5.57 Å². The molecule has 2 aromatic rings. The molecular formula is C17H12ClN3S. The molecule has 0 saturated heterocycles. The van der Waals surface area contributed by atoms with Gasteiger partial charge in [-0.25, -0.2) is 0 Å². The fraction of sp³-hybridized carbons (Fsp3) is 0.0588. The first-order valence-electron chi connectivity index (χ1n) is 6.46. The summed E-state index contributed by atoms with van der Waals surface area (Å²) in [6, 6.07) is 20.8. The minimum atomic E-state index is 0.0721. The molecule has 5 heteroatoms. The molecule has 0 aliphatic rings. The van der Waals surface area contributed by atoms with Crippen molar-refractivity contribution >= 4 is 29.1 Å². The molecule has 3 nitrogen and oxygen atoms in total. The standard InChI is InChI=1S/C17H12ClN3S/c18-15-8-6-13(7-9-15)12-22-17(14(10-19)11-20)21-16-4-2-1-3-5-16/h1-9,21H,12H2. The van der Waals surface area contributed by atoms with Gasteiger partial charge >= 0.3 is 0 Å². The lowest BCUT2D eigenvalue weighted by Gasteiger charge is -2.11. The predicted molar refractivity (Wildman–Crippen MR) is 91.1 cm³/mol. The number of nitrogens with one attached hydrogen (secondary N) is 1. The summed E-state index contributed by atoms with van der Waals surface area (Å²) in [6.45, 7) is 0. The number of hydrogen-bond acceptors (Lipinski definition) is 4. The van der Waals surface area contributed by atoms with Gasteiger partial charge in [-0.05, 0) is 29.8 Å². The third kappa shape index (κ3) is 4.56. The first kappa shape index (κ1) is 16.0. The van der Waals surface area contributed by atoms with E-state index in [2.05, 4.69) is 5.32 Å². The van der Waals surface area contributed by atoms with Gasteiger partial charge in [0.2, 0.25) is 0 Å². The number of nitriles is 2. The minimum absolute atomic E-state index is 0.0721. The molecule has 0 aliphatic heterocycles. The smallest absolute Gasteiger partial charge is 0.159 e. The van der Waals surface area contributed by atoms with Gasteiger partial charge in [0.1, 0.15) is 17.2 Å². The summed E-state index contributed by atoms with van der Waals surface area (Å²) in [4.78, 5) is 0. The molecule has 0 unspecified atom stereocenters. The van der Waals surface area contributed by atoms with Crippen LogP contribution in [-0.4, -0.2) is 0 Å². The van der Waals surface area contributed by atoms with Crippen molar-refractivity contribution < 1.29 is 0 Å². The van der Waals surface area contributed by atoms with Crippen LogP contribution in [0.3, 0.4) is 0 Å². The first-order valence-corrected chi connectivity index (χ1v) is 7.83. The van der Waals surface area contributed by atoms with Crippen molar-refractivity contribution in [2.24, 2.45) is 0 Å². The number of rotatable bonds is 5. The second-order valence-corrected chi connectivity index (χ2v) is 5.76. The molecule has 1 N–H and O–H groups in total. The Morgan fingerprint density at radius 3 is 2.23 bits per heavy atom. The van der Waals surface area contributed by atoms with Crippen LogP contribution in [0, 0.1) is 22.7 Å². The lowest BCUT2D eigenvalue weighted by molar-refractivity contribution is 1.40. The Kier molecular flexibility index (Phi) is 5.91. The Morgan fingerprint density at radius 2 is 1.64 bits per heavy atom. The number of para-hydroxylation sites is 1. The van der Waals surface area contributed by atoms with Crippen LogP contribution >= 0.6 is 23.4 Å². The van der Waals surface area contributed by atoms with Gasteiger partial charge in [0.05, 0.1) is 0 Å². The highest BCUT2D eigenvalue weighted by Crippen LogP contribution is 2.26. The normalized spacial score (nSPS) is 9.41. The van der Waals surface area contributed by atoms with Crippen LogP contribution in [0.4, 0.5) is 5.69 Å². The Balaban J connectivity index is 2.16. The minimum Gasteiger partial charge on any atom is -0.349 e. The lowest BCUT2D eigenvalue weighted by atomic mass is 10.2. The topological polar surface area (TPSA) is 59.6 Å². The van der Waals surface area contributed by atoms with Crippen molar-refractivity contribution in [1.29, 1.82) is 10.5 Å². The molecule has 0 heterocycles. The molecule has 2 rings (SSSR count). The third-order valence-electron chi connectivity index (χ3n) is 2.78. The second-order valence-electron chi connectivity index (χ2n) is 4.33. The van der Waals surface area contributed by atoms with Crippen LogP contribution in [0.5, 0.6) is 0 Å². The van der Waals surface area contributed by atoms with Crippen molar-refractivity contribution in [3.63, 3.8) is 0 Å². The molecule has 0 bridgehead atoms. The average molecular weight is 326 g/mol. The molecule has 2 aromatic carbocycles. The quantitative estimate of drug-likeness (QED) is 0.791. The van der Waals surface area contributed by atoms with E-state index in [0.29, 0.717) is 15.8 Å². The van der Waals surface area contributed by atoms with Crippen LogP contribution < -0.4 is 5.32 Å². The molecule has 0 amide bonds.